The van der Waals surface area contributed by atoms with E-state index < -0.39 is 4.75 Å². The van der Waals surface area contributed by atoms with Gasteiger partial charge in [0, 0.05) is 4.90 Å². The van der Waals surface area contributed by atoms with Crippen LogP contribution in [-0.2, 0) is 11.4 Å². The lowest BCUT2D eigenvalue weighted by Gasteiger charge is -2.22. The summed E-state index contributed by atoms with van der Waals surface area (Å²) in [7, 11) is 0. The fourth-order valence-electron chi connectivity index (χ4n) is 1.93. The van der Waals surface area contributed by atoms with Gasteiger partial charge >= 0.3 is 0 Å². The average Bonchev–Trinajstić information content (AvgIpc) is 2.47. The minimum absolute atomic E-state index is 0.0496. The van der Waals surface area contributed by atoms with E-state index in [-0.39, 0.29) is 12.4 Å². The Morgan fingerprint density at radius 3 is 2.29 bits per heavy atom. The largest absolute Gasteiger partial charge is 0.392 e. The first-order valence-electron chi connectivity index (χ1n) is 6.93. The zero-order valence-electron chi connectivity index (χ0n) is 12.6. The van der Waals surface area contributed by atoms with E-state index >= 15 is 0 Å². The van der Waals surface area contributed by atoms with Crippen LogP contribution in [0.3, 0.4) is 0 Å². The Morgan fingerprint density at radius 1 is 1.10 bits per heavy atom. The molecule has 0 amide bonds. The quantitative estimate of drug-likeness (QED) is 0.836. The Labute approximate surface area is 130 Å². The normalized spacial score (nSPS) is 11.4. The third-order valence-electron chi connectivity index (χ3n) is 3.55. The second-order valence-electron chi connectivity index (χ2n) is 5.52. The van der Waals surface area contributed by atoms with Gasteiger partial charge in [-0.3, -0.25) is 4.79 Å². The maximum Gasteiger partial charge on any atom is 0.145 e. The van der Waals surface area contributed by atoms with E-state index in [4.69, 9.17) is 5.11 Å². The molecule has 110 valence electrons. The van der Waals surface area contributed by atoms with E-state index in [0.717, 1.165) is 21.6 Å². The van der Waals surface area contributed by atoms with Crippen LogP contribution in [0.2, 0.25) is 0 Å². The van der Waals surface area contributed by atoms with Crippen molar-refractivity contribution in [2.45, 2.75) is 37.0 Å². The number of hydrogen-bond acceptors (Lipinski definition) is 3. The number of benzene rings is 2. The molecule has 2 rings (SSSR count). The zero-order chi connectivity index (χ0) is 15.5. The second kappa shape index (κ2) is 6.46. The summed E-state index contributed by atoms with van der Waals surface area (Å²) in [6, 6.07) is 16.0. The van der Waals surface area contributed by atoms with Crippen molar-refractivity contribution in [3.63, 3.8) is 0 Å². The summed E-state index contributed by atoms with van der Waals surface area (Å²) in [6.45, 7) is 5.58. The molecule has 1 N–H and O–H groups in total. The molecule has 3 heteroatoms. The molecule has 0 aliphatic carbocycles. The highest BCUT2D eigenvalue weighted by molar-refractivity contribution is 8.01. The lowest BCUT2D eigenvalue weighted by atomic mass is 10.0. The Morgan fingerprint density at radius 2 is 1.71 bits per heavy atom. The van der Waals surface area contributed by atoms with Gasteiger partial charge in [-0.2, -0.15) is 0 Å². The first-order chi connectivity index (χ1) is 9.94. The first-order valence-corrected chi connectivity index (χ1v) is 7.75. The third kappa shape index (κ3) is 3.74. The molecule has 0 bridgehead atoms. The average molecular weight is 300 g/mol. The van der Waals surface area contributed by atoms with Crippen molar-refractivity contribution in [1.82, 2.24) is 0 Å². The molecule has 0 heterocycles. The lowest BCUT2D eigenvalue weighted by molar-refractivity contribution is -0.118. The highest BCUT2D eigenvalue weighted by Gasteiger charge is 2.26. The van der Waals surface area contributed by atoms with Crippen molar-refractivity contribution in [1.29, 1.82) is 0 Å². The number of aliphatic hydroxyl groups excluding tert-OH is 1. The van der Waals surface area contributed by atoms with E-state index in [9.17, 15) is 4.79 Å². The van der Waals surface area contributed by atoms with Gasteiger partial charge < -0.3 is 5.11 Å². The number of hydrogen-bond donors (Lipinski definition) is 1. The van der Waals surface area contributed by atoms with Crippen LogP contribution >= 0.6 is 11.8 Å². The summed E-state index contributed by atoms with van der Waals surface area (Å²) in [6.07, 6.45) is 0. The fourth-order valence-corrected chi connectivity index (χ4v) is 3.07. The number of thioether (sulfide) groups is 1. The van der Waals surface area contributed by atoms with Gasteiger partial charge in [0.15, 0.2) is 0 Å². The van der Waals surface area contributed by atoms with Crippen LogP contribution in [-0.4, -0.2) is 15.6 Å². The third-order valence-corrected chi connectivity index (χ3v) is 4.92. The van der Waals surface area contributed by atoms with Crippen molar-refractivity contribution >= 4 is 17.5 Å². The number of rotatable bonds is 5. The van der Waals surface area contributed by atoms with Crippen LogP contribution in [0, 0.1) is 0 Å². The minimum atomic E-state index is -0.443. The molecule has 21 heavy (non-hydrogen) atoms. The molecule has 0 aromatic heterocycles. The highest BCUT2D eigenvalue weighted by Crippen LogP contribution is 2.39. The smallest absolute Gasteiger partial charge is 0.145 e. The van der Waals surface area contributed by atoms with E-state index in [1.807, 2.05) is 56.3 Å². The van der Waals surface area contributed by atoms with E-state index in [0.29, 0.717) is 0 Å². The molecule has 0 atom stereocenters. The lowest BCUT2D eigenvalue weighted by Crippen LogP contribution is -2.24. The number of carbonyl (C=O) groups is 1. The van der Waals surface area contributed by atoms with E-state index in [2.05, 4.69) is 6.07 Å². The van der Waals surface area contributed by atoms with Gasteiger partial charge in [0.1, 0.15) is 5.78 Å². The Hall–Kier alpha value is -1.58. The highest BCUT2D eigenvalue weighted by atomic mass is 32.2. The Bertz CT molecular complexity index is 630. The maximum absolute atomic E-state index is 11.8. The molecular formula is C18H20O2S. The van der Waals surface area contributed by atoms with Crippen LogP contribution in [0.1, 0.15) is 26.3 Å². The van der Waals surface area contributed by atoms with E-state index in [1.165, 1.54) is 0 Å². The molecule has 0 aliphatic heterocycles. The molecular weight excluding hydrogens is 280 g/mol. The van der Waals surface area contributed by atoms with Crippen LogP contribution in [0.15, 0.2) is 53.4 Å². The van der Waals surface area contributed by atoms with Crippen LogP contribution in [0.4, 0.5) is 0 Å². The number of ketones is 1. The van der Waals surface area contributed by atoms with E-state index in [1.54, 1.807) is 18.7 Å². The molecule has 2 aromatic carbocycles. The Kier molecular flexibility index (Phi) is 4.86. The van der Waals surface area contributed by atoms with Crippen LogP contribution in [0.5, 0.6) is 0 Å². The molecule has 0 radical (unpaired) electrons. The topological polar surface area (TPSA) is 37.3 Å². The van der Waals surface area contributed by atoms with Crippen molar-refractivity contribution in [3.05, 3.63) is 54.1 Å². The molecule has 0 unspecified atom stereocenters. The van der Waals surface area contributed by atoms with Crippen molar-refractivity contribution in [2.24, 2.45) is 0 Å². The summed E-state index contributed by atoms with van der Waals surface area (Å²) in [5, 5.41) is 9.13. The van der Waals surface area contributed by atoms with Crippen molar-refractivity contribution < 1.29 is 9.90 Å². The van der Waals surface area contributed by atoms with Gasteiger partial charge in [0.2, 0.25) is 0 Å². The summed E-state index contributed by atoms with van der Waals surface area (Å²) < 4.78 is -0.443. The van der Waals surface area contributed by atoms with Crippen molar-refractivity contribution in [3.8, 4) is 11.1 Å². The molecule has 0 fully saturated rings. The summed E-state index contributed by atoms with van der Waals surface area (Å²) in [5.74, 6) is 0.165. The zero-order valence-corrected chi connectivity index (χ0v) is 13.4. The van der Waals surface area contributed by atoms with Gasteiger partial charge in [-0.1, -0.05) is 42.5 Å². The first kappa shape index (κ1) is 15.8. The minimum Gasteiger partial charge on any atom is -0.392 e. The maximum atomic E-state index is 11.8. The van der Waals surface area contributed by atoms with Gasteiger partial charge in [-0.15, -0.1) is 11.8 Å². The van der Waals surface area contributed by atoms with Crippen molar-refractivity contribution in [2.75, 3.05) is 0 Å². The predicted molar refractivity (Wildman–Crippen MR) is 88.4 cm³/mol. The molecule has 2 aromatic rings. The van der Waals surface area contributed by atoms with Gasteiger partial charge in [0.05, 0.1) is 11.4 Å². The second-order valence-corrected chi connectivity index (χ2v) is 7.18. The summed E-state index contributed by atoms with van der Waals surface area (Å²) in [4.78, 5) is 12.8. The molecule has 2 nitrogen and oxygen atoms in total. The predicted octanol–water partition coefficient (Wildman–Crippen LogP) is 4.31. The molecule has 0 spiro atoms. The summed E-state index contributed by atoms with van der Waals surface area (Å²) in [5.41, 5.74) is 3.10. The molecule has 0 saturated carbocycles. The standard InChI is InChI=1S/C18H20O2S/c1-13(20)18(2,3)21-17-7-5-4-6-16(17)15-10-8-14(12-19)9-11-15/h4-11,19H,12H2,1-3H3. The number of Topliss-reactive ketones (excluding diaryl/α,β-unsaturated/α-hetero) is 1. The summed E-state index contributed by atoms with van der Waals surface area (Å²) >= 11 is 1.59. The van der Waals surface area contributed by atoms with Gasteiger partial charge in [0.25, 0.3) is 0 Å². The van der Waals surface area contributed by atoms with Gasteiger partial charge in [-0.25, -0.2) is 0 Å². The van der Waals surface area contributed by atoms with Crippen LogP contribution in [0.25, 0.3) is 11.1 Å². The fraction of sp³-hybridized carbons (Fsp3) is 0.278. The SMILES string of the molecule is CC(=O)C(C)(C)Sc1ccccc1-c1ccc(CO)cc1. The number of carbonyl (C=O) groups excluding carboxylic acids is 1. The molecule has 0 aliphatic rings. The van der Waals surface area contributed by atoms with Crippen LogP contribution < -0.4 is 0 Å². The molecule has 0 saturated heterocycles. The Balaban J connectivity index is 2.38. The van der Waals surface area contributed by atoms with Gasteiger partial charge in [-0.05, 0) is 43.5 Å². The monoisotopic (exact) mass is 300 g/mol. The number of aliphatic hydroxyl groups is 1.